The summed E-state index contributed by atoms with van der Waals surface area (Å²) in [4.78, 5) is 1.19. The van der Waals surface area contributed by atoms with Crippen LogP contribution in [0.1, 0.15) is 23.9 Å². The lowest BCUT2D eigenvalue weighted by Crippen LogP contribution is -2.13. The maximum absolute atomic E-state index is 4.24. The summed E-state index contributed by atoms with van der Waals surface area (Å²) in [7, 11) is 0. The summed E-state index contributed by atoms with van der Waals surface area (Å²) in [6.45, 7) is 6.09. The number of aromatic nitrogens is 2. The van der Waals surface area contributed by atoms with Gasteiger partial charge < -0.3 is 5.32 Å². The number of hydrogen-bond acceptors (Lipinski definition) is 5. The minimum atomic E-state index is 0.817. The van der Waals surface area contributed by atoms with Gasteiger partial charge in [-0.2, -0.15) is 0 Å². The van der Waals surface area contributed by atoms with Crippen molar-refractivity contribution in [3.8, 4) is 9.88 Å². The standard InChI is InChI=1S/C11H14BrN3S2/c1-3-4-13-6-9-14-15-11(17-9)8-5-7(2)10(12)16-8/h5,13H,3-4,6H2,1-2H3. The minimum absolute atomic E-state index is 0.817. The molecule has 0 radical (unpaired) electrons. The van der Waals surface area contributed by atoms with Crippen LogP contribution in [0, 0.1) is 6.92 Å². The molecule has 6 heteroatoms. The number of nitrogens with zero attached hydrogens (tertiary/aromatic N) is 2. The lowest BCUT2D eigenvalue weighted by Gasteiger charge is -1.96. The van der Waals surface area contributed by atoms with Crippen LogP contribution < -0.4 is 5.32 Å². The Morgan fingerprint density at radius 1 is 1.35 bits per heavy atom. The van der Waals surface area contributed by atoms with Crippen molar-refractivity contribution < 1.29 is 0 Å². The van der Waals surface area contributed by atoms with Crippen molar-refractivity contribution in [2.75, 3.05) is 6.54 Å². The van der Waals surface area contributed by atoms with Gasteiger partial charge in [-0.3, -0.25) is 0 Å². The van der Waals surface area contributed by atoms with Gasteiger partial charge in [-0.25, -0.2) is 0 Å². The van der Waals surface area contributed by atoms with E-state index in [1.165, 1.54) is 14.2 Å². The van der Waals surface area contributed by atoms with E-state index in [-0.39, 0.29) is 0 Å². The van der Waals surface area contributed by atoms with Gasteiger partial charge in [-0.1, -0.05) is 18.3 Å². The summed E-state index contributed by atoms with van der Waals surface area (Å²) in [5, 5.41) is 13.8. The van der Waals surface area contributed by atoms with Crippen molar-refractivity contribution in [3.63, 3.8) is 0 Å². The second-order valence-electron chi connectivity index (χ2n) is 3.75. The Balaban J connectivity index is 2.07. The van der Waals surface area contributed by atoms with Crippen molar-refractivity contribution in [3.05, 3.63) is 20.4 Å². The van der Waals surface area contributed by atoms with Crippen LogP contribution in [0.15, 0.2) is 9.85 Å². The molecule has 0 aliphatic rings. The predicted molar refractivity (Wildman–Crippen MR) is 77.7 cm³/mol. The highest BCUT2D eigenvalue weighted by Crippen LogP contribution is 2.35. The first-order valence-corrected chi connectivity index (χ1v) is 7.92. The van der Waals surface area contributed by atoms with Gasteiger partial charge in [0.1, 0.15) is 5.01 Å². The Kier molecular flexibility index (Phi) is 4.67. The first kappa shape index (κ1) is 13.1. The molecule has 0 unspecified atom stereocenters. The zero-order chi connectivity index (χ0) is 12.3. The summed E-state index contributed by atoms with van der Waals surface area (Å²) in [6, 6.07) is 2.15. The molecule has 0 aromatic carbocycles. The Bertz CT molecular complexity index is 473. The lowest BCUT2D eigenvalue weighted by molar-refractivity contribution is 0.668. The summed E-state index contributed by atoms with van der Waals surface area (Å²) in [5.74, 6) is 0. The van der Waals surface area contributed by atoms with Gasteiger partial charge >= 0.3 is 0 Å². The van der Waals surface area contributed by atoms with Crippen molar-refractivity contribution in [2.24, 2.45) is 0 Å². The Hall–Kier alpha value is -0.300. The predicted octanol–water partition coefficient (Wildman–Crippen LogP) is 3.84. The summed E-state index contributed by atoms with van der Waals surface area (Å²) in [6.07, 6.45) is 1.14. The number of hydrogen-bond donors (Lipinski definition) is 1. The van der Waals surface area contributed by atoms with E-state index in [4.69, 9.17) is 0 Å². The number of aryl methyl sites for hydroxylation is 1. The molecule has 0 aliphatic heterocycles. The molecule has 2 aromatic rings. The highest BCUT2D eigenvalue weighted by Gasteiger charge is 2.10. The van der Waals surface area contributed by atoms with Crippen molar-refractivity contribution in [2.45, 2.75) is 26.8 Å². The molecular weight excluding hydrogens is 318 g/mol. The monoisotopic (exact) mass is 331 g/mol. The number of rotatable bonds is 5. The molecule has 3 nitrogen and oxygen atoms in total. The second kappa shape index (κ2) is 6.04. The van der Waals surface area contributed by atoms with E-state index in [1.807, 2.05) is 0 Å². The molecule has 0 amide bonds. The largest absolute Gasteiger partial charge is 0.310 e. The Morgan fingerprint density at radius 3 is 2.82 bits per heavy atom. The molecule has 92 valence electrons. The van der Waals surface area contributed by atoms with Gasteiger partial charge in [0.25, 0.3) is 0 Å². The van der Waals surface area contributed by atoms with Gasteiger partial charge in [0, 0.05) is 6.54 Å². The van der Waals surface area contributed by atoms with Gasteiger partial charge in [0.05, 0.1) is 8.66 Å². The van der Waals surface area contributed by atoms with Crippen molar-refractivity contribution in [1.82, 2.24) is 15.5 Å². The molecule has 0 spiro atoms. The van der Waals surface area contributed by atoms with E-state index in [0.717, 1.165) is 29.5 Å². The molecule has 2 aromatic heterocycles. The molecule has 2 heterocycles. The maximum atomic E-state index is 4.24. The fourth-order valence-corrected chi connectivity index (χ4v) is 3.75. The average Bonchev–Trinajstić information content (AvgIpc) is 2.88. The average molecular weight is 332 g/mol. The second-order valence-corrected chi connectivity index (χ2v) is 7.18. The van der Waals surface area contributed by atoms with Crippen LogP contribution in [0.2, 0.25) is 0 Å². The third-order valence-corrected chi connectivity index (χ3v) is 5.47. The Labute approximate surface area is 117 Å². The molecule has 1 N–H and O–H groups in total. The van der Waals surface area contributed by atoms with E-state index in [1.54, 1.807) is 22.7 Å². The third kappa shape index (κ3) is 3.34. The van der Waals surface area contributed by atoms with Crippen molar-refractivity contribution >= 4 is 38.6 Å². The van der Waals surface area contributed by atoms with E-state index in [9.17, 15) is 0 Å². The lowest BCUT2D eigenvalue weighted by atomic mass is 10.3. The molecule has 0 aliphatic carbocycles. The van der Waals surface area contributed by atoms with Crippen molar-refractivity contribution in [1.29, 1.82) is 0 Å². The Morgan fingerprint density at radius 2 is 2.18 bits per heavy atom. The maximum Gasteiger partial charge on any atom is 0.157 e. The number of thiophene rings is 1. The highest BCUT2D eigenvalue weighted by atomic mass is 79.9. The van der Waals surface area contributed by atoms with E-state index >= 15 is 0 Å². The number of nitrogens with one attached hydrogen (secondary N) is 1. The van der Waals surface area contributed by atoms with Crippen LogP contribution in [-0.4, -0.2) is 16.7 Å². The topological polar surface area (TPSA) is 37.8 Å². The fourth-order valence-electron chi connectivity index (χ4n) is 1.36. The zero-order valence-electron chi connectivity index (χ0n) is 9.79. The summed E-state index contributed by atoms with van der Waals surface area (Å²) in [5.41, 5.74) is 1.26. The van der Waals surface area contributed by atoms with Crippen LogP contribution in [-0.2, 0) is 6.54 Å². The smallest absolute Gasteiger partial charge is 0.157 e. The first-order chi connectivity index (χ1) is 8.20. The normalized spacial score (nSPS) is 11.0. The van der Waals surface area contributed by atoms with Crippen LogP contribution >= 0.6 is 38.6 Å². The van der Waals surface area contributed by atoms with Gasteiger partial charge in [-0.05, 0) is 47.4 Å². The summed E-state index contributed by atoms with van der Waals surface area (Å²) < 4.78 is 1.17. The van der Waals surface area contributed by atoms with Crippen LogP contribution in [0.25, 0.3) is 9.88 Å². The zero-order valence-corrected chi connectivity index (χ0v) is 13.0. The SMILES string of the molecule is CCCNCc1nnc(-c2cc(C)c(Br)s2)s1. The molecule has 0 bridgehead atoms. The van der Waals surface area contributed by atoms with E-state index in [2.05, 4.69) is 51.4 Å². The van der Waals surface area contributed by atoms with Crippen LogP contribution in [0.4, 0.5) is 0 Å². The van der Waals surface area contributed by atoms with E-state index in [0.29, 0.717) is 0 Å². The van der Waals surface area contributed by atoms with Crippen LogP contribution in [0.3, 0.4) is 0 Å². The first-order valence-electron chi connectivity index (χ1n) is 5.50. The molecule has 0 saturated carbocycles. The van der Waals surface area contributed by atoms with Crippen LogP contribution in [0.5, 0.6) is 0 Å². The molecule has 17 heavy (non-hydrogen) atoms. The molecule has 2 rings (SSSR count). The molecule has 0 fully saturated rings. The quantitative estimate of drug-likeness (QED) is 0.846. The van der Waals surface area contributed by atoms with Gasteiger partial charge in [-0.15, -0.1) is 21.5 Å². The minimum Gasteiger partial charge on any atom is -0.310 e. The molecular formula is C11H14BrN3S2. The molecule has 0 atom stereocenters. The van der Waals surface area contributed by atoms with E-state index < -0.39 is 0 Å². The van der Waals surface area contributed by atoms with Gasteiger partial charge in [0.2, 0.25) is 0 Å². The molecule has 0 saturated heterocycles. The van der Waals surface area contributed by atoms with Gasteiger partial charge in [0.15, 0.2) is 5.01 Å². The number of halogens is 1. The third-order valence-electron chi connectivity index (χ3n) is 2.24. The fraction of sp³-hybridized carbons (Fsp3) is 0.455. The highest BCUT2D eigenvalue weighted by molar-refractivity contribution is 9.11. The summed E-state index contributed by atoms with van der Waals surface area (Å²) >= 11 is 6.91.